The summed E-state index contributed by atoms with van der Waals surface area (Å²) in [5.74, 6) is -0.266. The summed E-state index contributed by atoms with van der Waals surface area (Å²) in [4.78, 5) is 3.09. The standard InChI is InChI=1S/C13H11ClFN/c1-3-9(14)6-11-8(2)16-13-5-4-10(15)7-12(11)13/h3-7,16H,2H2,1H3/b9-3+,11-6+. The van der Waals surface area contributed by atoms with Gasteiger partial charge in [-0.15, -0.1) is 0 Å². The van der Waals surface area contributed by atoms with Crippen molar-refractivity contribution >= 4 is 35.2 Å². The summed E-state index contributed by atoms with van der Waals surface area (Å²) in [6.45, 7) is 5.72. The molecule has 0 fully saturated rings. The van der Waals surface area contributed by atoms with Crippen LogP contribution in [0.5, 0.6) is 0 Å². The Morgan fingerprint density at radius 2 is 2.25 bits per heavy atom. The van der Waals surface area contributed by atoms with Crippen molar-refractivity contribution in [3.63, 3.8) is 0 Å². The third-order valence-corrected chi connectivity index (χ3v) is 2.77. The second-order valence-electron chi connectivity index (χ2n) is 3.53. The van der Waals surface area contributed by atoms with Crippen LogP contribution in [0, 0.1) is 5.82 Å². The van der Waals surface area contributed by atoms with Crippen LogP contribution in [-0.4, -0.2) is 4.98 Å². The van der Waals surface area contributed by atoms with Crippen molar-refractivity contribution in [1.82, 2.24) is 4.98 Å². The average molecular weight is 236 g/mol. The highest BCUT2D eigenvalue weighted by molar-refractivity contribution is 6.34. The second-order valence-corrected chi connectivity index (χ2v) is 3.96. The lowest BCUT2D eigenvalue weighted by molar-refractivity contribution is 0.629. The lowest BCUT2D eigenvalue weighted by Gasteiger charge is -1.90. The zero-order chi connectivity index (χ0) is 11.7. The van der Waals surface area contributed by atoms with Crippen LogP contribution in [0.2, 0.25) is 0 Å². The molecule has 0 atom stereocenters. The van der Waals surface area contributed by atoms with E-state index in [-0.39, 0.29) is 5.82 Å². The number of halogens is 2. The van der Waals surface area contributed by atoms with E-state index in [0.717, 1.165) is 21.5 Å². The van der Waals surface area contributed by atoms with Gasteiger partial charge in [0, 0.05) is 26.5 Å². The topological polar surface area (TPSA) is 15.8 Å². The number of hydrogen-bond acceptors (Lipinski definition) is 0. The molecule has 0 saturated carbocycles. The lowest BCUT2D eigenvalue weighted by atomic mass is 10.2. The van der Waals surface area contributed by atoms with Gasteiger partial charge in [-0.1, -0.05) is 24.3 Å². The van der Waals surface area contributed by atoms with Gasteiger partial charge in [-0.3, -0.25) is 0 Å². The molecular formula is C13H11ClFN. The van der Waals surface area contributed by atoms with Crippen molar-refractivity contribution < 1.29 is 4.39 Å². The minimum atomic E-state index is -0.266. The summed E-state index contributed by atoms with van der Waals surface area (Å²) in [5.41, 5.74) is 0.859. The van der Waals surface area contributed by atoms with Gasteiger partial charge in [-0.25, -0.2) is 4.39 Å². The third-order valence-electron chi connectivity index (χ3n) is 2.44. The normalized spacial score (nSPS) is 13.7. The summed E-state index contributed by atoms with van der Waals surface area (Å²) >= 11 is 5.94. The number of benzene rings is 1. The summed E-state index contributed by atoms with van der Waals surface area (Å²) in [7, 11) is 0. The predicted molar refractivity (Wildman–Crippen MR) is 67.1 cm³/mol. The Morgan fingerprint density at radius 1 is 1.50 bits per heavy atom. The Labute approximate surface area is 97.5 Å². The van der Waals surface area contributed by atoms with Gasteiger partial charge >= 0.3 is 0 Å². The fourth-order valence-electron chi connectivity index (χ4n) is 1.63. The predicted octanol–water partition coefficient (Wildman–Crippen LogP) is 2.64. The van der Waals surface area contributed by atoms with Gasteiger partial charge in [-0.05, 0) is 31.2 Å². The van der Waals surface area contributed by atoms with Gasteiger partial charge in [0.05, 0.1) is 0 Å². The number of aromatic nitrogens is 1. The van der Waals surface area contributed by atoms with E-state index >= 15 is 0 Å². The van der Waals surface area contributed by atoms with Crippen LogP contribution in [0.15, 0.2) is 29.3 Å². The van der Waals surface area contributed by atoms with Crippen LogP contribution in [-0.2, 0) is 0 Å². The zero-order valence-corrected chi connectivity index (χ0v) is 9.61. The maximum Gasteiger partial charge on any atom is 0.123 e. The highest BCUT2D eigenvalue weighted by atomic mass is 35.5. The van der Waals surface area contributed by atoms with Gasteiger partial charge in [0.1, 0.15) is 5.82 Å². The molecule has 0 saturated heterocycles. The molecule has 0 unspecified atom stereocenters. The molecule has 0 aliphatic carbocycles. The van der Waals surface area contributed by atoms with E-state index in [4.69, 9.17) is 11.6 Å². The summed E-state index contributed by atoms with van der Waals surface area (Å²) in [6.07, 6.45) is 3.56. The number of allylic oxidation sites excluding steroid dienone is 2. The van der Waals surface area contributed by atoms with Crippen molar-refractivity contribution in [2.24, 2.45) is 0 Å². The number of H-pyrrole nitrogens is 1. The zero-order valence-electron chi connectivity index (χ0n) is 8.85. The summed E-state index contributed by atoms with van der Waals surface area (Å²) in [5, 5.41) is 2.97. The smallest absolute Gasteiger partial charge is 0.123 e. The van der Waals surface area contributed by atoms with Gasteiger partial charge < -0.3 is 4.98 Å². The fraction of sp³-hybridized carbons (Fsp3) is 0.0769. The van der Waals surface area contributed by atoms with Crippen LogP contribution < -0.4 is 10.6 Å². The van der Waals surface area contributed by atoms with Crippen molar-refractivity contribution in [3.8, 4) is 0 Å². The molecule has 0 bridgehead atoms. The first-order chi connectivity index (χ1) is 7.61. The van der Waals surface area contributed by atoms with E-state index in [2.05, 4.69) is 11.6 Å². The second kappa shape index (κ2) is 4.14. The minimum absolute atomic E-state index is 0.266. The molecule has 0 amide bonds. The maximum atomic E-state index is 13.1. The van der Waals surface area contributed by atoms with Gasteiger partial charge in [0.25, 0.3) is 0 Å². The molecule has 2 aromatic rings. The molecule has 2 rings (SSSR count). The molecular weight excluding hydrogens is 225 g/mol. The monoisotopic (exact) mass is 235 g/mol. The number of fused-ring (bicyclic) bond motifs is 1. The number of hydrogen-bond donors (Lipinski definition) is 1. The summed E-state index contributed by atoms with van der Waals surface area (Å²) < 4.78 is 13.1. The van der Waals surface area contributed by atoms with E-state index < -0.39 is 0 Å². The molecule has 1 nitrogen and oxygen atoms in total. The minimum Gasteiger partial charge on any atom is -0.355 e. The molecule has 82 valence electrons. The first-order valence-corrected chi connectivity index (χ1v) is 5.29. The molecule has 1 aromatic carbocycles. The van der Waals surface area contributed by atoms with Crippen LogP contribution in [0.4, 0.5) is 4.39 Å². The first-order valence-electron chi connectivity index (χ1n) is 4.91. The molecule has 0 radical (unpaired) electrons. The molecule has 0 spiro atoms. The van der Waals surface area contributed by atoms with E-state index in [9.17, 15) is 4.39 Å². The van der Waals surface area contributed by atoms with E-state index in [0.29, 0.717) is 5.03 Å². The molecule has 16 heavy (non-hydrogen) atoms. The Bertz CT molecular complexity index is 667. The quantitative estimate of drug-likeness (QED) is 0.782. The lowest BCUT2D eigenvalue weighted by Crippen LogP contribution is -2.20. The van der Waals surface area contributed by atoms with Gasteiger partial charge in [-0.2, -0.15) is 0 Å². The fourth-order valence-corrected chi connectivity index (χ4v) is 1.74. The van der Waals surface area contributed by atoms with Crippen LogP contribution in [0.25, 0.3) is 23.6 Å². The Hall–Kier alpha value is -1.54. The van der Waals surface area contributed by atoms with Crippen LogP contribution in [0.1, 0.15) is 6.92 Å². The Kier molecular flexibility index (Phi) is 2.84. The van der Waals surface area contributed by atoms with Crippen molar-refractivity contribution in [3.05, 3.63) is 45.7 Å². The van der Waals surface area contributed by atoms with Crippen molar-refractivity contribution in [2.45, 2.75) is 6.92 Å². The Balaban J connectivity index is 2.88. The van der Waals surface area contributed by atoms with Crippen LogP contribution >= 0.6 is 11.6 Å². The molecule has 1 heterocycles. The van der Waals surface area contributed by atoms with E-state index in [1.165, 1.54) is 12.1 Å². The molecule has 1 N–H and O–H groups in total. The molecule has 0 aliphatic heterocycles. The van der Waals surface area contributed by atoms with Crippen molar-refractivity contribution in [1.29, 1.82) is 0 Å². The number of rotatable bonds is 1. The Morgan fingerprint density at radius 3 is 2.94 bits per heavy atom. The molecule has 3 heteroatoms. The molecule has 1 aromatic heterocycles. The largest absolute Gasteiger partial charge is 0.355 e. The van der Waals surface area contributed by atoms with Gasteiger partial charge in [0.2, 0.25) is 0 Å². The summed E-state index contributed by atoms with van der Waals surface area (Å²) in [6, 6.07) is 4.59. The SMILES string of the molecule is C=c1[nH]c2ccc(F)cc2/c1=C/C(Cl)=C\C. The number of nitrogens with one attached hydrogen (secondary N) is 1. The van der Waals surface area contributed by atoms with Gasteiger partial charge in [0.15, 0.2) is 0 Å². The van der Waals surface area contributed by atoms with E-state index in [1.807, 2.05) is 6.92 Å². The third kappa shape index (κ3) is 1.89. The van der Waals surface area contributed by atoms with Crippen molar-refractivity contribution in [2.75, 3.05) is 0 Å². The first kappa shape index (κ1) is 11.0. The average Bonchev–Trinajstić information content (AvgIpc) is 2.55. The van der Waals surface area contributed by atoms with Crippen LogP contribution in [0.3, 0.4) is 0 Å². The van der Waals surface area contributed by atoms with E-state index in [1.54, 1.807) is 18.2 Å². The number of aromatic amines is 1. The highest BCUT2D eigenvalue weighted by Gasteiger charge is 2.01. The maximum absolute atomic E-state index is 13.1. The highest BCUT2D eigenvalue weighted by Crippen LogP contribution is 2.09. The molecule has 0 aliphatic rings.